The molecule has 2 rings (SSSR count). The van der Waals surface area contributed by atoms with Crippen LogP contribution in [0.25, 0.3) is 11.0 Å². The van der Waals surface area contributed by atoms with Crippen LogP contribution in [0.3, 0.4) is 0 Å². The van der Waals surface area contributed by atoms with E-state index in [0.29, 0.717) is 5.52 Å². The van der Waals surface area contributed by atoms with Crippen molar-refractivity contribution in [3.05, 3.63) is 23.8 Å². The van der Waals surface area contributed by atoms with Gasteiger partial charge in [-0.25, -0.2) is 4.98 Å². The summed E-state index contributed by atoms with van der Waals surface area (Å²) in [6.45, 7) is 1.91. The van der Waals surface area contributed by atoms with Crippen molar-refractivity contribution in [1.82, 2.24) is 9.97 Å². The van der Waals surface area contributed by atoms with Crippen molar-refractivity contribution in [3.8, 4) is 0 Å². The molecule has 2 N–H and O–H groups in total. The highest BCUT2D eigenvalue weighted by Crippen LogP contribution is 2.19. The van der Waals surface area contributed by atoms with Gasteiger partial charge < -0.3 is 4.98 Å². The molecule has 0 fully saturated rings. The number of anilines is 1. The first kappa shape index (κ1) is 16.5. The smallest absolute Gasteiger partial charge is 0.324 e. The number of alkyl halides is 3. The first-order valence-electron chi connectivity index (χ1n) is 6.41. The molecule has 1 amide bonds. The third-order valence-electron chi connectivity index (χ3n) is 2.80. The molecule has 0 saturated heterocycles. The van der Waals surface area contributed by atoms with Crippen LogP contribution in [0.15, 0.2) is 18.2 Å². The van der Waals surface area contributed by atoms with E-state index in [1.165, 1.54) is 0 Å². The van der Waals surface area contributed by atoms with E-state index in [4.69, 9.17) is 0 Å². The van der Waals surface area contributed by atoms with Crippen LogP contribution in [0.1, 0.15) is 12.0 Å². The minimum atomic E-state index is -4.37. The summed E-state index contributed by atoms with van der Waals surface area (Å²) >= 11 is 0. The van der Waals surface area contributed by atoms with Gasteiger partial charge in [0.25, 0.3) is 0 Å². The van der Waals surface area contributed by atoms with Crippen molar-refractivity contribution < 1.29 is 22.2 Å². The SMILES string of the molecule is Cc1ccc2nc(NC(=O)CS(=O)CCC(F)(F)F)[nH]c2c1. The Kier molecular flexibility index (Phi) is 4.84. The highest BCUT2D eigenvalue weighted by molar-refractivity contribution is 7.85. The lowest BCUT2D eigenvalue weighted by Crippen LogP contribution is -2.23. The number of amides is 1. The zero-order valence-corrected chi connectivity index (χ0v) is 12.5. The van der Waals surface area contributed by atoms with Gasteiger partial charge in [0, 0.05) is 16.6 Å². The maximum Gasteiger partial charge on any atom is 0.390 e. The fourth-order valence-electron chi connectivity index (χ4n) is 1.80. The number of rotatable bonds is 5. The number of carbonyl (C=O) groups excluding carboxylic acids is 1. The number of aromatic nitrogens is 2. The number of imidazole rings is 1. The Morgan fingerprint density at radius 1 is 1.41 bits per heavy atom. The van der Waals surface area contributed by atoms with Crippen LogP contribution < -0.4 is 5.32 Å². The summed E-state index contributed by atoms with van der Waals surface area (Å²) in [6, 6.07) is 5.48. The van der Waals surface area contributed by atoms with Crippen molar-refractivity contribution in [2.75, 3.05) is 16.8 Å². The molecule has 0 aliphatic heterocycles. The highest BCUT2D eigenvalue weighted by Gasteiger charge is 2.28. The third-order valence-corrected chi connectivity index (χ3v) is 4.04. The quantitative estimate of drug-likeness (QED) is 0.883. The first-order chi connectivity index (χ1) is 10.2. The van der Waals surface area contributed by atoms with Crippen LogP contribution in [0, 0.1) is 6.92 Å². The van der Waals surface area contributed by atoms with Gasteiger partial charge in [0.15, 0.2) is 0 Å². The fraction of sp³-hybridized carbons (Fsp3) is 0.385. The van der Waals surface area contributed by atoms with Crippen LogP contribution in [-0.2, 0) is 15.6 Å². The Bertz CT molecular complexity index is 712. The molecular weight excluding hydrogens is 319 g/mol. The first-order valence-corrected chi connectivity index (χ1v) is 7.90. The Morgan fingerprint density at radius 3 is 2.82 bits per heavy atom. The molecule has 0 spiro atoms. The molecule has 1 heterocycles. The number of aromatic amines is 1. The topological polar surface area (TPSA) is 74.8 Å². The molecule has 0 bridgehead atoms. The van der Waals surface area contributed by atoms with Gasteiger partial charge in [-0.1, -0.05) is 6.07 Å². The average Bonchev–Trinajstić information content (AvgIpc) is 2.76. The van der Waals surface area contributed by atoms with Crippen LogP contribution in [0.4, 0.5) is 19.1 Å². The van der Waals surface area contributed by atoms with E-state index < -0.39 is 40.8 Å². The normalized spacial score (nSPS) is 13.3. The monoisotopic (exact) mass is 333 g/mol. The summed E-state index contributed by atoms with van der Waals surface area (Å²) in [4.78, 5) is 18.6. The van der Waals surface area contributed by atoms with E-state index in [1.807, 2.05) is 19.1 Å². The number of nitrogens with one attached hydrogen (secondary N) is 2. The summed E-state index contributed by atoms with van der Waals surface area (Å²) in [6.07, 6.45) is -5.54. The Morgan fingerprint density at radius 2 is 2.14 bits per heavy atom. The number of carbonyl (C=O) groups is 1. The molecule has 1 unspecified atom stereocenters. The predicted octanol–water partition coefficient (Wildman–Crippen LogP) is 2.51. The number of halogens is 3. The van der Waals surface area contributed by atoms with Gasteiger partial charge >= 0.3 is 6.18 Å². The Labute approximate surface area is 126 Å². The van der Waals surface area contributed by atoms with Crippen LogP contribution in [-0.4, -0.2) is 37.8 Å². The van der Waals surface area contributed by atoms with E-state index in [2.05, 4.69) is 15.3 Å². The number of benzene rings is 1. The lowest BCUT2D eigenvalue weighted by atomic mass is 10.2. The summed E-state index contributed by atoms with van der Waals surface area (Å²) in [5, 5.41) is 2.40. The van der Waals surface area contributed by atoms with Gasteiger partial charge in [-0.3, -0.25) is 14.3 Å². The third kappa shape index (κ3) is 4.83. The minimum absolute atomic E-state index is 0.179. The van der Waals surface area contributed by atoms with Crippen molar-refractivity contribution in [1.29, 1.82) is 0 Å². The van der Waals surface area contributed by atoms with Gasteiger partial charge in [-0.05, 0) is 24.6 Å². The molecule has 0 aliphatic carbocycles. The van der Waals surface area contributed by atoms with E-state index in [9.17, 15) is 22.2 Å². The van der Waals surface area contributed by atoms with Crippen molar-refractivity contribution >= 4 is 33.7 Å². The molecule has 5 nitrogen and oxygen atoms in total. The second-order valence-electron chi connectivity index (χ2n) is 4.81. The highest BCUT2D eigenvalue weighted by atomic mass is 32.2. The summed E-state index contributed by atoms with van der Waals surface area (Å²) in [5.74, 6) is -1.54. The summed E-state index contributed by atoms with van der Waals surface area (Å²) in [5.41, 5.74) is 2.40. The molecule has 120 valence electrons. The molecule has 0 saturated carbocycles. The van der Waals surface area contributed by atoms with Gasteiger partial charge in [0.1, 0.15) is 5.75 Å². The van der Waals surface area contributed by atoms with Crippen LogP contribution in [0.2, 0.25) is 0 Å². The predicted molar refractivity (Wildman–Crippen MR) is 78.0 cm³/mol. The second-order valence-corrected chi connectivity index (χ2v) is 6.38. The van der Waals surface area contributed by atoms with Crippen LogP contribution in [0.5, 0.6) is 0 Å². The molecule has 0 aliphatic rings. The molecule has 22 heavy (non-hydrogen) atoms. The minimum Gasteiger partial charge on any atom is -0.324 e. The maximum atomic E-state index is 12.0. The largest absolute Gasteiger partial charge is 0.390 e. The number of hydrogen-bond acceptors (Lipinski definition) is 3. The standard InChI is InChI=1S/C13H14F3N3O2S/c1-8-2-3-9-10(6-8)18-12(17-9)19-11(20)7-22(21)5-4-13(14,15)16/h2-3,6H,4-5,7H2,1H3,(H2,17,18,19,20). The van der Waals surface area contributed by atoms with E-state index >= 15 is 0 Å². The zero-order chi connectivity index (χ0) is 16.3. The molecule has 1 aromatic carbocycles. The van der Waals surface area contributed by atoms with Crippen molar-refractivity contribution in [3.63, 3.8) is 0 Å². The number of H-pyrrole nitrogens is 1. The molecule has 1 aromatic heterocycles. The fourth-order valence-corrected chi connectivity index (χ4v) is 2.77. The van der Waals surface area contributed by atoms with Gasteiger partial charge in [-0.15, -0.1) is 0 Å². The summed E-state index contributed by atoms with van der Waals surface area (Å²) < 4.78 is 47.4. The number of nitrogens with zero attached hydrogens (tertiary/aromatic N) is 1. The van der Waals surface area contributed by atoms with Gasteiger partial charge in [-0.2, -0.15) is 13.2 Å². The van der Waals surface area contributed by atoms with Crippen molar-refractivity contribution in [2.24, 2.45) is 0 Å². The lowest BCUT2D eigenvalue weighted by Gasteiger charge is -2.05. The van der Waals surface area contributed by atoms with E-state index in [-0.39, 0.29) is 5.95 Å². The number of aryl methyl sites for hydroxylation is 1. The van der Waals surface area contributed by atoms with E-state index in [0.717, 1.165) is 11.1 Å². The van der Waals surface area contributed by atoms with Crippen molar-refractivity contribution in [2.45, 2.75) is 19.5 Å². The Hall–Kier alpha value is -1.90. The molecular formula is C13H14F3N3O2S. The van der Waals surface area contributed by atoms with Gasteiger partial charge in [0.05, 0.1) is 17.5 Å². The zero-order valence-electron chi connectivity index (χ0n) is 11.7. The van der Waals surface area contributed by atoms with E-state index in [1.54, 1.807) is 6.07 Å². The second kappa shape index (κ2) is 6.47. The molecule has 9 heteroatoms. The van der Waals surface area contributed by atoms with Crippen LogP contribution >= 0.6 is 0 Å². The number of fused-ring (bicyclic) bond motifs is 1. The number of hydrogen-bond donors (Lipinski definition) is 2. The summed E-state index contributed by atoms with van der Waals surface area (Å²) in [7, 11) is -1.87. The van der Waals surface area contributed by atoms with Gasteiger partial charge in [0.2, 0.25) is 11.9 Å². The average molecular weight is 333 g/mol. The molecule has 0 radical (unpaired) electrons. The maximum absolute atomic E-state index is 12.0. The Balaban J connectivity index is 1.92. The molecule has 1 atom stereocenters. The lowest BCUT2D eigenvalue weighted by molar-refractivity contribution is -0.129. The molecule has 2 aromatic rings.